The second-order valence-electron chi connectivity index (χ2n) is 18.1. The monoisotopic (exact) mass is 1250 g/mol. The molecule has 0 aliphatic rings. The van der Waals surface area contributed by atoms with Gasteiger partial charge in [0.2, 0.25) is 0 Å². The minimum absolute atomic E-state index is 0. The molecule has 0 saturated carbocycles. The Morgan fingerprint density at radius 3 is 0.754 bits per heavy atom. The fraction of sp³-hybridized carbons (Fsp3) is 0.391. The van der Waals surface area contributed by atoms with Crippen LogP contribution in [0.2, 0.25) is 39.3 Å². The van der Waals surface area contributed by atoms with Crippen LogP contribution in [0.3, 0.4) is 0 Å². The summed E-state index contributed by atoms with van der Waals surface area (Å²) in [4.78, 5) is 1.67. The van der Waals surface area contributed by atoms with Crippen LogP contribution in [0.15, 0.2) is 5.03 Å². The van der Waals surface area contributed by atoms with Crippen molar-refractivity contribution in [3.63, 3.8) is 0 Å². The van der Waals surface area contributed by atoms with Gasteiger partial charge in [-0.1, -0.05) is 138 Å². The number of halogens is 15. The molecule has 0 N–H and O–H groups in total. The summed E-state index contributed by atoms with van der Waals surface area (Å²) in [5.41, 5.74) is 14.9. The van der Waals surface area contributed by atoms with Gasteiger partial charge in [0.1, 0.15) is 34.9 Å². The van der Waals surface area contributed by atoms with Crippen LogP contribution in [0, 0.1) is 174 Å². The summed E-state index contributed by atoms with van der Waals surface area (Å²) in [6.45, 7) is 36.0. The van der Waals surface area contributed by atoms with Crippen molar-refractivity contribution in [1.82, 2.24) is 0 Å². The van der Waals surface area contributed by atoms with Crippen molar-refractivity contribution in [2.75, 3.05) is 0 Å². The quantitative estimate of drug-likeness (QED) is 0.0217. The Hall–Kier alpha value is -3.87. The molecule has 4 nitrogen and oxygen atoms in total. The van der Waals surface area contributed by atoms with E-state index in [4.69, 9.17) is 10.2 Å². The number of hydrogen-bond donors (Lipinski definition) is 0. The molecule has 376 valence electrons. The van der Waals surface area contributed by atoms with Crippen molar-refractivity contribution >= 4 is 39.1 Å². The molecule has 0 fully saturated rings. The third-order valence-electron chi connectivity index (χ3n) is 11.8. The zero-order valence-corrected chi connectivity index (χ0v) is 47.1. The first-order valence-electron chi connectivity index (χ1n) is 20.9. The van der Waals surface area contributed by atoms with Crippen molar-refractivity contribution in [3.05, 3.63) is 158 Å². The fourth-order valence-corrected chi connectivity index (χ4v) is 16.4. The normalized spacial score (nSPS) is 11.5. The summed E-state index contributed by atoms with van der Waals surface area (Å²) in [6.07, 6.45) is -3.85. The molecule has 23 heteroatoms. The molecule has 5 aromatic carbocycles. The largest absolute Gasteiger partial charge is 4.00 e. The van der Waals surface area contributed by atoms with Gasteiger partial charge in [-0.2, -0.15) is 55.6 Å². The molecule has 5 aromatic rings. The van der Waals surface area contributed by atoms with Gasteiger partial charge in [0, 0.05) is 0 Å². The van der Waals surface area contributed by atoms with E-state index >= 15 is 0 Å². The molecule has 0 bridgehead atoms. The minimum Gasteiger partial charge on any atom is -0.668 e. The molecule has 0 amide bonds. The van der Waals surface area contributed by atoms with E-state index in [0.29, 0.717) is 0 Å². The van der Waals surface area contributed by atoms with Gasteiger partial charge in [-0.05, 0) is 10.4 Å². The zero-order chi connectivity index (χ0) is 53.2. The Balaban J connectivity index is 0.000000597. The predicted molar refractivity (Wildman–Crippen MR) is 243 cm³/mol. The predicted octanol–water partition coefficient (Wildman–Crippen LogP) is 14.5. The van der Waals surface area contributed by atoms with Gasteiger partial charge in [0.15, 0.2) is 58.6 Å². The van der Waals surface area contributed by atoms with Crippen molar-refractivity contribution in [1.29, 1.82) is 0 Å². The van der Waals surface area contributed by atoms with Gasteiger partial charge >= 0.3 is 31.1 Å². The maximum absolute atomic E-state index is 14.8. The van der Waals surface area contributed by atoms with Crippen LogP contribution < -0.4 is 16.4 Å². The molecular weight excluding hydrogens is 1200 g/mol. The van der Waals surface area contributed by atoms with Gasteiger partial charge in [-0.3, -0.25) is 5.03 Å². The molecular formula is C46H52BF15N4Si2U. The average Bonchev–Trinajstić information content (AvgIpc) is 3.56. The van der Waals surface area contributed by atoms with E-state index in [0.717, 1.165) is 0 Å². The van der Waals surface area contributed by atoms with Crippen LogP contribution in [-0.4, -0.2) is 22.8 Å². The standard InChI is InChI=1S/C18BF15N3.2C11H17.C6H18NSi2.U/c20-4-1(5(21)11(27)16(32)10(4)26)19(36-37-35,2-6(22)12(28)17(33)13(29)7(2)23)3-8(24)14(30)18(34)15(31)9(3)25;2*1-6-11-9(4)7(2)8(3)10(11)5;1-8(2,3)7-9(4,5)6;/h;2*6H2,1-5H3;1-6H3;/q4*-1;+4. The Morgan fingerprint density at radius 1 is 0.435 bits per heavy atom. The van der Waals surface area contributed by atoms with Crippen molar-refractivity contribution in [2.24, 2.45) is 5.03 Å². The number of benzene rings is 3. The van der Waals surface area contributed by atoms with Crippen molar-refractivity contribution in [3.8, 4) is 0 Å². The second kappa shape index (κ2) is 24.0. The molecule has 0 atom stereocenters. The smallest absolute Gasteiger partial charge is 0.668 e. The zero-order valence-electron chi connectivity index (χ0n) is 40.9. The minimum atomic E-state index is -6.20. The van der Waals surface area contributed by atoms with Crippen LogP contribution in [0.1, 0.15) is 69.5 Å². The number of hydrogen-bond acceptors (Lipinski definition) is 1. The molecule has 5 rings (SSSR count). The average molecular weight is 1250 g/mol. The molecule has 0 spiro atoms. The summed E-state index contributed by atoms with van der Waals surface area (Å²) in [5, 5.41) is 2.20. The first-order valence-corrected chi connectivity index (χ1v) is 27.8. The second-order valence-corrected chi connectivity index (χ2v) is 27.7. The topological polar surface area (TPSA) is 62.9 Å². The Morgan fingerprint density at radius 2 is 0.638 bits per heavy atom. The van der Waals surface area contributed by atoms with E-state index in [9.17, 15) is 65.9 Å². The Labute approximate surface area is 418 Å². The van der Waals surface area contributed by atoms with E-state index in [1.54, 1.807) is 16.0 Å². The molecule has 69 heavy (non-hydrogen) atoms. The van der Waals surface area contributed by atoms with Gasteiger partial charge < -0.3 is 4.65 Å². The van der Waals surface area contributed by atoms with Gasteiger partial charge in [0.05, 0.1) is 0 Å². The van der Waals surface area contributed by atoms with Crippen LogP contribution in [0.4, 0.5) is 65.9 Å². The molecule has 0 unspecified atom stereocenters. The van der Waals surface area contributed by atoms with Crippen LogP contribution in [0.25, 0.3) is 15.1 Å². The number of rotatable bonds is 8. The summed E-state index contributed by atoms with van der Waals surface area (Å²) >= 11 is 0. The molecule has 0 aliphatic heterocycles. The molecule has 0 aromatic heterocycles. The first kappa shape index (κ1) is 63.1. The third kappa shape index (κ3) is 12.6. The molecule has 0 radical (unpaired) electrons. The first-order chi connectivity index (χ1) is 31.0. The molecule has 0 heterocycles. The Bertz CT molecular complexity index is 2400. The molecule has 0 saturated heterocycles. The van der Waals surface area contributed by atoms with E-state index in [-0.39, 0.29) is 31.1 Å². The third-order valence-corrected chi connectivity index (χ3v) is 17.1. The number of nitrogens with zero attached hydrogens (tertiary/aromatic N) is 4. The molecule has 0 aliphatic carbocycles. The SMILES string of the molecule is CCc1c(C)c(C)[c-](C)c1C.CCc1c(C)c(C)[c-](C)c1C.C[Si](C)(C)[N-][Si](C)(C)C.[N-]=[N+]=N[B-](c1c(F)c(F)c(F)c(F)c1F)(c1c(F)c(F)c(F)c(F)c1F)c1c(F)c(F)c(F)c(F)c1F.[U+4]. The van der Waals surface area contributed by atoms with Crippen LogP contribution in [0.5, 0.6) is 0 Å². The summed E-state index contributed by atoms with van der Waals surface area (Å²) in [6, 6.07) is 0. The van der Waals surface area contributed by atoms with Gasteiger partial charge in [0.25, 0.3) is 0 Å². The van der Waals surface area contributed by atoms with Gasteiger partial charge in [-0.25, -0.2) is 65.9 Å². The summed E-state index contributed by atoms with van der Waals surface area (Å²) < 4.78 is 218. The van der Waals surface area contributed by atoms with E-state index in [1.807, 2.05) is 0 Å². The van der Waals surface area contributed by atoms with Gasteiger partial charge in [-0.15, -0.1) is 16.4 Å². The number of azide groups is 1. The summed E-state index contributed by atoms with van der Waals surface area (Å²) in [5.74, 6) is -47.8. The van der Waals surface area contributed by atoms with Crippen molar-refractivity contribution < 1.29 is 97.0 Å². The van der Waals surface area contributed by atoms with Crippen molar-refractivity contribution in [2.45, 2.75) is 121 Å². The maximum Gasteiger partial charge on any atom is 4.00 e. The van der Waals surface area contributed by atoms with Crippen LogP contribution in [-0.2, 0) is 12.8 Å². The summed E-state index contributed by atoms with van der Waals surface area (Å²) in [7, 11) is -2.21. The Kier molecular flexibility index (Phi) is 22.0. The van der Waals surface area contributed by atoms with Crippen LogP contribution >= 0.6 is 0 Å². The maximum atomic E-state index is 14.8. The van der Waals surface area contributed by atoms with E-state index in [2.05, 4.69) is 114 Å². The fourth-order valence-electron chi connectivity index (χ4n) is 8.31. The van der Waals surface area contributed by atoms with E-state index in [1.165, 1.54) is 57.3 Å². The van der Waals surface area contributed by atoms with E-state index < -0.39 is 126 Å².